The monoisotopic (exact) mass is 326 g/mol. The lowest BCUT2D eigenvalue weighted by atomic mass is 9.76. The van der Waals surface area contributed by atoms with Crippen molar-refractivity contribution >= 4 is 0 Å². The Hall–Kier alpha value is -1.37. The molecule has 2 fully saturated rings. The minimum Gasteiger partial charge on any atom is -0.381 e. The summed E-state index contributed by atoms with van der Waals surface area (Å²) in [7, 11) is 0. The molecule has 0 aromatic heterocycles. The van der Waals surface area contributed by atoms with Crippen LogP contribution in [-0.4, -0.2) is 25.8 Å². The zero-order valence-corrected chi connectivity index (χ0v) is 14.9. The molecule has 0 spiro atoms. The maximum absolute atomic E-state index is 9.22. The molecular formula is C21H30N2O. The van der Waals surface area contributed by atoms with E-state index in [1.165, 1.54) is 56.1 Å². The summed E-state index contributed by atoms with van der Waals surface area (Å²) in [6, 6.07) is 9.21. The normalized spacial score (nSPS) is 25.3. The van der Waals surface area contributed by atoms with E-state index in [1.54, 1.807) is 0 Å². The van der Waals surface area contributed by atoms with Gasteiger partial charge in [0.25, 0.3) is 0 Å². The summed E-state index contributed by atoms with van der Waals surface area (Å²) < 4.78 is 5.42. The molecule has 0 bridgehead atoms. The van der Waals surface area contributed by atoms with Crippen molar-refractivity contribution in [3.8, 4) is 6.07 Å². The lowest BCUT2D eigenvalue weighted by Crippen LogP contribution is -2.36. The first-order chi connectivity index (χ1) is 11.8. The molecule has 1 aliphatic carbocycles. The molecule has 130 valence electrons. The second kappa shape index (κ2) is 8.65. The molecule has 3 nitrogen and oxygen atoms in total. The first kappa shape index (κ1) is 17.5. The Morgan fingerprint density at radius 1 is 1.12 bits per heavy atom. The van der Waals surface area contributed by atoms with Gasteiger partial charge in [-0.25, -0.2) is 0 Å². The number of nitrogens with one attached hydrogen (secondary N) is 1. The quantitative estimate of drug-likeness (QED) is 0.877. The average molecular weight is 326 g/mol. The van der Waals surface area contributed by atoms with E-state index < -0.39 is 0 Å². The van der Waals surface area contributed by atoms with Crippen LogP contribution in [0.4, 0.5) is 0 Å². The molecule has 0 amide bonds. The van der Waals surface area contributed by atoms with Crippen molar-refractivity contribution in [1.29, 1.82) is 5.26 Å². The van der Waals surface area contributed by atoms with Crippen molar-refractivity contribution in [2.75, 3.05) is 19.8 Å². The van der Waals surface area contributed by atoms with Gasteiger partial charge >= 0.3 is 0 Å². The maximum Gasteiger partial charge on any atom is 0.0994 e. The van der Waals surface area contributed by atoms with Crippen LogP contribution in [0.25, 0.3) is 0 Å². The number of hydrogen-bond donors (Lipinski definition) is 1. The number of benzene rings is 1. The van der Waals surface area contributed by atoms with Gasteiger partial charge in [-0.15, -0.1) is 0 Å². The van der Waals surface area contributed by atoms with Crippen LogP contribution in [0.2, 0.25) is 0 Å². The van der Waals surface area contributed by atoms with Gasteiger partial charge in [-0.3, -0.25) is 0 Å². The van der Waals surface area contributed by atoms with Crippen LogP contribution >= 0.6 is 0 Å². The van der Waals surface area contributed by atoms with Gasteiger partial charge < -0.3 is 10.1 Å². The highest BCUT2D eigenvalue weighted by atomic mass is 16.5. The highest BCUT2D eigenvalue weighted by Crippen LogP contribution is 2.38. The van der Waals surface area contributed by atoms with E-state index in [1.807, 2.05) is 12.1 Å². The van der Waals surface area contributed by atoms with E-state index >= 15 is 0 Å². The van der Waals surface area contributed by atoms with Crippen LogP contribution in [0, 0.1) is 24.2 Å². The molecule has 3 heteroatoms. The van der Waals surface area contributed by atoms with E-state index in [-0.39, 0.29) is 0 Å². The third-order valence-electron chi connectivity index (χ3n) is 5.99. The molecule has 1 aromatic rings. The molecule has 24 heavy (non-hydrogen) atoms. The predicted molar refractivity (Wildman–Crippen MR) is 97.1 cm³/mol. The van der Waals surface area contributed by atoms with Crippen molar-refractivity contribution in [3.05, 3.63) is 34.9 Å². The Morgan fingerprint density at radius 2 is 1.88 bits per heavy atom. The average Bonchev–Trinajstić information content (AvgIpc) is 2.64. The molecule has 1 saturated carbocycles. The van der Waals surface area contributed by atoms with Crippen LogP contribution in [-0.2, 0) is 4.74 Å². The molecule has 3 rings (SSSR count). The molecule has 1 N–H and O–H groups in total. The first-order valence-electron chi connectivity index (χ1n) is 9.58. The molecule has 1 aromatic carbocycles. The number of rotatable bonds is 5. The Balaban J connectivity index is 1.43. The van der Waals surface area contributed by atoms with Gasteiger partial charge in [-0.1, -0.05) is 12.1 Å². The van der Waals surface area contributed by atoms with Crippen LogP contribution in [0.5, 0.6) is 0 Å². The van der Waals surface area contributed by atoms with Crippen molar-refractivity contribution in [3.63, 3.8) is 0 Å². The topological polar surface area (TPSA) is 45.0 Å². The van der Waals surface area contributed by atoms with Gasteiger partial charge in [-0.05, 0) is 87.4 Å². The summed E-state index contributed by atoms with van der Waals surface area (Å²) in [6.45, 7) is 5.11. The summed E-state index contributed by atoms with van der Waals surface area (Å²) in [5.74, 6) is 1.52. The summed E-state index contributed by atoms with van der Waals surface area (Å²) >= 11 is 0. The van der Waals surface area contributed by atoms with Gasteiger partial charge in [0, 0.05) is 19.3 Å². The molecule has 1 heterocycles. The lowest BCUT2D eigenvalue weighted by Gasteiger charge is -2.30. The standard InChI is InChI=1S/C21H30N2O/c1-16-19(15-22)3-2-4-21(16)18-7-5-17(6-8-18)9-12-23-20-10-13-24-14-11-20/h2-4,17-18,20,23H,5-14H2,1H3/t17-,18+. The molecule has 1 saturated heterocycles. The van der Waals surface area contributed by atoms with E-state index in [0.29, 0.717) is 12.0 Å². The summed E-state index contributed by atoms with van der Waals surface area (Å²) in [6.07, 6.45) is 8.85. The van der Waals surface area contributed by atoms with Crippen molar-refractivity contribution < 1.29 is 4.74 Å². The van der Waals surface area contributed by atoms with Gasteiger partial charge in [0.15, 0.2) is 0 Å². The first-order valence-corrected chi connectivity index (χ1v) is 9.58. The number of nitrogens with zero attached hydrogens (tertiary/aromatic N) is 1. The Labute approximate surface area is 146 Å². The molecule has 0 atom stereocenters. The third-order valence-corrected chi connectivity index (χ3v) is 5.99. The maximum atomic E-state index is 9.22. The fraction of sp³-hybridized carbons (Fsp3) is 0.667. The largest absolute Gasteiger partial charge is 0.381 e. The van der Waals surface area contributed by atoms with Crippen LogP contribution in [0.15, 0.2) is 18.2 Å². The SMILES string of the molecule is Cc1c(C#N)cccc1[C@H]1CC[C@@H](CCNC2CCOCC2)CC1. The molecular weight excluding hydrogens is 296 g/mol. The molecule has 2 aliphatic rings. The zero-order chi connectivity index (χ0) is 16.8. The Kier molecular flexibility index (Phi) is 6.29. The Bertz CT molecular complexity index is 564. The number of hydrogen-bond acceptors (Lipinski definition) is 3. The number of ether oxygens (including phenoxy) is 1. The highest BCUT2D eigenvalue weighted by Gasteiger charge is 2.24. The van der Waals surface area contributed by atoms with Crippen LogP contribution in [0.1, 0.15) is 67.6 Å². The predicted octanol–water partition coefficient (Wildman–Crippen LogP) is 4.30. The fourth-order valence-electron chi connectivity index (χ4n) is 4.37. The second-order valence-electron chi connectivity index (χ2n) is 7.48. The minimum absolute atomic E-state index is 0.651. The van der Waals surface area contributed by atoms with Crippen LogP contribution < -0.4 is 5.32 Å². The van der Waals surface area contributed by atoms with E-state index in [2.05, 4.69) is 24.4 Å². The van der Waals surface area contributed by atoms with Crippen molar-refractivity contribution in [2.45, 2.75) is 63.8 Å². The minimum atomic E-state index is 0.651. The zero-order valence-electron chi connectivity index (χ0n) is 14.9. The van der Waals surface area contributed by atoms with Gasteiger partial charge in [-0.2, -0.15) is 5.26 Å². The van der Waals surface area contributed by atoms with Gasteiger partial charge in [0.2, 0.25) is 0 Å². The summed E-state index contributed by atoms with van der Waals surface area (Å²) in [4.78, 5) is 0. The highest BCUT2D eigenvalue weighted by molar-refractivity contribution is 5.43. The lowest BCUT2D eigenvalue weighted by molar-refractivity contribution is 0.0775. The van der Waals surface area contributed by atoms with Gasteiger partial charge in [0.05, 0.1) is 11.6 Å². The number of nitriles is 1. The second-order valence-corrected chi connectivity index (χ2v) is 7.48. The third kappa shape index (κ3) is 4.37. The molecule has 0 radical (unpaired) electrons. The Morgan fingerprint density at radius 3 is 2.58 bits per heavy atom. The van der Waals surface area contributed by atoms with E-state index in [0.717, 1.165) is 31.2 Å². The van der Waals surface area contributed by atoms with Crippen LogP contribution in [0.3, 0.4) is 0 Å². The smallest absolute Gasteiger partial charge is 0.0994 e. The van der Waals surface area contributed by atoms with E-state index in [4.69, 9.17) is 4.74 Å². The molecule has 1 aliphatic heterocycles. The summed E-state index contributed by atoms with van der Waals surface area (Å²) in [5.41, 5.74) is 3.45. The fourth-order valence-corrected chi connectivity index (χ4v) is 4.37. The van der Waals surface area contributed by atoms with Crippen molar-refractivity contribution in [1.82, 2.24) is 5.32 Å². The van der Waals surface area contributed by atoms with Crippen molar-refractivity contribution in [2.24, 2.45) is 5.92 Å². The summed E-state index contributed by atoms with van der Waals surface area (Å²) in [5, 5.41) is 12.9. The molecule has 0 unspecified atom stereocenters. The van der Waals surface area contributed by atoms with Gasteiger partial charge in [0.1, 0.15) is 0 Å². The van der Waals surface area contributed by atoms with E-state index in [9.17, 15) is 5.26 Å².